The molecule has 0 bridgehead atoms. The summed E-state index contributed by atoms with van der Waals surface area (Å²) in [6.07, 6.45) is 4.52. The number of aryl methyl sites for hydroxylation is 1. The zero-order chi connectivity index (χ0) is 13.1. The van der Waals surface area contributed by atoms with E-state index in [9.17, 15) is 0 Å². The van der Waals surface area contributed by atoms with Gasteiger partial charge in [0.25, 0.3) is 0 Å². The van der Waals surface area contributed by atoms with Crippen LogP contribution in [0.4, 0.5) is 0 Å². The maximum absolute atomic E-state index is 5.43. The summed E-state index contributed by atoms with van der Waals surface area (Å²) in [7, 11) is 1.72. The minimum Gasteiger partial charge on any atom is -0.493 e. The van der Waals surface area contributed by atoms with Crippen LogP contribution in [0.2, 0.25) is 0 Å². The molecule has 1 aromatic heterocycles. The lowest BCUT2D eigenvalue weighted by molar-refractivity contribution is 0.378. The third-order valence-corrected chi connectivity index (χ3v) is 3.96. The van der Waals surface area contributed by atoms with Gasteiger partial charge in [0.15, 0.2) is 5.75 Å². The second-order valence-corrected chi connectivity index (χ2v) is 5.36. The molecule has 0 saturated heterocycles. The Labute approximate surface area is 110 Å². The summed E-state index contributed by atoms with van der Waals surface area (Å²) >= 11 is 0. The third-order valence-electron chi connectivity index (χ3n) is 3.96. The zero-order valence-electron chi connectivity index (χ0n) is 11.9. The van der Waals surface area contributed by atoms with Gasteiger partial charge in [-0.3, -0.25) is 4.68 Å². The summed E-state index contributed by atoms with van der Waals surface area (Å²) in [5.41, 5.74) is 1.23. The molecule has 102 valence electrons. The second-order valence-electron chi connectivity index (χ2n) is 5.36. The van der Waals surface area contributed by atoms with E-state index in [1.54, 1.807) is 7.11 Å². The average molecular weight is 251 g/mol. The normalized spacial score (nSPS) is 18.7. The Morgan fingerprint density at radius 2 is 2.22 bits per heavy atom. The fraction of sp³-hybridized carbons (Fsp3) is 0.786. The van der Waals surface area contributed by atoms with E-state index in [0.717, 1.165) is 24.9 Å². The number of nitrogens with one attached hydrogen (secondary N) is 1. The SMILES string of the molecule is CCn1ncc(OC)c1C(C)C(C)CNC1CC1. The lowest BCUT2D eigenvalue weighted by Crippen LogP contribution is -2.27. The molecule has 1 aliphatic carbocycles. The maximum Gasteiger partial charge on any atom is 0.160 e. The molecule has 0 radical (unpaired) electrons. The van der Waals surface area contributed by atoms with Crippen LogP contribution in [0.15, 0.2) is 6.20 Å². The highest BCUT2D eigenvalue weighted by molar-refractivity contribution is 5.28. The van der Waals surface area contributed by atoms with Crippen LogP contribution in [0.1, 0.15) is 45.2 Å². The van der Waals surface area contributed by atoms with Gasteiger partial charge >= 0.3 is 0 Å². The van der Waals surface area contributed by atoms with Crippen molar-refractivity contribution in [3.05, 3.63) is 11.9 Å². The van der Waals surface area contributed by atoms with Gasteiger partial charge in [-0.1, -0.05) is 13.8 Å². The van der Waals surface area contributed by atoms with Crippen LogP contribution in [0.3, 0.4) is 0 Å². The van der Waals surface area contributed by atoms with E-state index >= 15 is 0 Å². The number of aromatic nitrogens is 2. The molecule has 2 atom stereocenters. The van der Waals surface area contributed by atoms with Gasteiger partial charge in [-0.15, -0.1) is 0 Å². The van der Waals surface area contributed by atoms with Gasteiger partial charge in [0.1, 0.15) is 0 Å². The third kappa shape index (κ3) is 2.86. The molecule has 1 aliphatic rings. The number of hydrogen-bond acceptors (Lipinski definition) is 3. The molecule has 1 N–H and O–H groups in total. The molecule has 2 rings (SSSR count). The van der Waals surface area contributed by atoms with Gasteiger partial charge in [0.05, 0.1) is 19.0 Å². The van der Waals surface area contributed by atoms with Crippen molar-refractivity contribution in [2.45, 2.75) is 52.1 Å². The summed E-state index contributed by atoms with van der Waals surface area (Å²) in [5, 5.41) is 7.99. The highest BCUT2D eigenvalue weighted by Gasteiger charge is 2.25. The standard InChI is InChI=1S/C14H25N3O/c1-5-17-14(13(18-4)9-16-17)11(3)10(2)8-15-12-6-7-12/h9-12,15H,5-8H2,1-4H3. The molecular weight excluding hydrogens is 226 g/mol. The molecule has 1 heterocycles. The second kappa shape index (κ2) is 5.74. The molecule has 0 spiro atoms. The molecule has 1 aromatic rings. The van der Waals surface area contributed by atoms with Gasteiger partial charge in [-0.2, -0.15) is 5.10 Å². The fourth-order valence-corrected chi connectivity index (χ4v) is 2.33. The van der Waals surface area contributed by atoms with E-state index in [-0.39, 0.29) is 0 Å². The summed E-state index contributed by atoms with van der Waals surface area (Å²) in [6.45, 7) is 8.66. The summed E-state index contributed by atoms with van der Waals surface area (Å²) in [4.78, 5) is 0. The first kappa shape index (κ1) is 13.4. The number of nitrogens with zero attached hydrogens (tertiary/aromatic N) is 2. The van der Waals surface area contributed by atoms with Crippen molar-refractivity contribution in [1.82, 2.24) is 15.1 Å². The van der Waals surface area contributed by atoms with Gasteiger partial charge in [0, 0.05) is 18.5 Å². The molecule has 1 saturated carbocycles. The van der Waals surface area contributed by atoms with Gasteiger partial charge in [0.2, 0.25) is 0 Å². The molecule has 4 nitrogen and oxygen atoms in total. The van der Waals surface area contributed by atoms with Crippen molar-refractivity contribution in [2.75, 3.05) is 13.7 Å². The van der Waals surface area contributed by atoms with E-state index in [4.69, 9.17) is 4.74 Å². The summed E-state index contributed by atoms with van der Waals surface area (Å²) in [6, 6.07) is 0.776. The van der Waals surface area contributed by atoms with E-state index in [0.29, 0.717) is 11.8 Å². The number of hydrogen-bond donors (Lipinski definition) is 1. The monoisotopic (exact) mass is 251 g/mol. The molecule has 0 amide bonds. The highest BCUT2D eigenvalue weighted by Crippen LogP contribution is 2.32. The largest absolute Gasteiger partial charge is 0.493 e. The zero-order valence-corrected chi connectivity index (χ0v) is 11.9. The van der Waals surface area contributed by atoms with Crippen molar-refractivity contribution in [3.63, 3.8) is 0 Å². The predicted octanol–water partition coefficient (Wildman–Crippen LogP) is 2.40. The predicted molar refractivity (Wildman–Crippen MR) is 73.1 cm³/mol. The fourth-order valence-electron chi connectivity index (χ4n) is 2.33. The van der Waals surface area contributed by atoms with Crippen LogP contribution in [-0.4, -0.2) is 29.5 Å². The van der Waals surface area contributed by atoms with E-state index in [1.807, 2.05) is 6.20 Å². The first-order valence-corrected chi connectivity index (χ1v) is 7.00. The van der Waals surface area contributed by atoms with Crippen LogP contribution < -0.4 is 10.1 Å². The Balaban J connectivity index is 2.04. The van der Waals surface area contributed by atoms with Crippen LogP contribution in [-0.2, 0) is 6.54 Å². The average Bonchev–Trinajstić information content (AvgIpc) is 3.12. The first-order chi connectivity index (χ1) is 8.67. The van der Waals surface area contributed by atoms with Crippen molar-refractivity contribution in [1.29, 1.82) is 0 Å². The molecule has 18 heavy (non-hydrogen) atoms. The molecular formula is C14H25N3O. The number of rotatable bonds is 7. The molecule has 1 fully saturated rings. The maximum atomic E-state index is 5.43. The van der Waals surface area contributed by atoms with Crippen LogP contribution in [0, 0.1) is 5.92 Å². The smallest absolute Gasteiger partial charge is 0.160 e. The number of methoxy groups -OCH3 is 1. The van der Waals surface area contributed by atoms with E-state index in [1.165, 1.54) is 18.5 Å². The van der Waals surface area contributed by atoms with Crippen molar-refractivity contribution >= 4 is 0 Å². The van der Waals surface area contributed by atoms with Gasteiger partial charge in [-0.25, -0.2) is 0 Å². The topological polar surface area (TPSA) is 39.1 Å². The summed E-state index contributed by atoms with van der Waals surface area (Å²) < 4.78 is 7.49. The first-order valence-electron chi connectivity index (χ1n) is 7.00. The molecule has 2 unspecified atom stereocenters. The van der Waals surface area contributed by atoms with E-state index in [2.05, 4.69) is 35.9 Å². The number of ether oxygens (including phenoxy) is 1. The highest BCUT2D eigenvalue weighted by atomic mass is 16.5. The minimum absolute atomic E-state index is 0.452. The molecule has 0 aromatic carbocycles. The Hall–Kier alpha value is -1.03. The summed E-state index contributed by atoms with van der Waals surface area (Å²) in [5.74, 6) is 1.96. The quantitative estimate of drug-likeness (QED) is 0.809. The Morgan fingerprint density at radius 3 is 2.78 bits per heavy atom. The molecule has 0 aliphatic heterocycles. The molecule has 4 heteroatoms. The van der Waals surface area contributed by atoms with Crippen LogP contribution in [0.25, 0.3) is 0 Å². The minimum atomic E-state index is 0.452. The Morgan fingerprint density at radius 1 is 1.50 bits per heavy atom. The Bertz CT molecular complexity index is 363. The van der Waals surface area contributed by atoms with Gasteiger partial charge < -0.3 is 10.1 Å². The van der Waals surface area contributed by atoms with Crippen molar-refractivity contribution < 1.29 is 4.74 Å². The Kier molecular flexibility index (Phi) is 4.27. The van der Waals surface area contributed by atoms with Crippen LogP contribution in [0.5, 0.6) is 5.75 Å². The van der Waals surface area contributed by atoms with Gasteiger partial charge in [-0.05, 0) is 32.2 Å². The lowest BCUT2D eigenvalue weighted by atomic mass is 9.92. The lowest BCUT2D eigenvalue weighted by Gasteiger charge is -2.22. The van der Waals surface area contributed by atoms with Crippen molar-refractivity contribution in [2.24, 2.45) is 5.92 Å². The van der Waals surface area contributed by atoms with Crippen LogP contribution >= 0.6 is 0 Å². The van der Waals surface area contributed by atoms with Crippen molar-refractivity contribution in [3.8, 4) is 5.75 Å². The van der Waals surface area contributed by atoms with E-state index < -0.39 is 0 Å².